The van der Waals surface area contributed by atoms with E-state index in [-0.39, 0.29) is 0 Å². The summed E-state index contributed by atoms with van der Waals surface area (Å²) < 4.78 is 6.21. The van der Waals surface area contributed by atoms with E-state index in [0.717, 1.165) is 24.4 Å². The van der Waals surface area contributed by atoms with Gasteiger partial charge in [-0.05, 0) is 62.7 Å². The summed E-state index contributed by atoms with van der Waals surface area (Å²) in [6.07, 6.45) is 32.4. The second-order valence-electron chi connectivity index (χ2n) is 10.9. The van der Waals surface area contributed by atoms with Crippen LogP contribution in [0.5, 0.6) is 0 Å². The largest absolute Gasteiger partial charge is 0.378 e. The zero-order valence-electron chi connectivity index (χ0n) is 21.0. The minimum atomic E-state index is 0.589. The Labute approximate surface area is 190 Å². The molecule has 1 nitrogen and oxygen atoms in total. The molecule has 1 heteroatoms. The Morgan fingerprint density at radius 1 is 0.500 bits per heavy atom. The van der Waals surface area contributed by atoms with Crippen LogP contribution in [-0.4, -0.2) is 12.7 Å². The molecule has 0 aromatic rings. The van der Waals surface area contributed by atoms with Gasteiger partial charge in [-0.25, -0.2) is 0 Å². The van der Waals surface area contributed by atoms with Crippen molar-refractivity contribution in [2.75, 3.05) is 6.61 Å². The average Bonchev–Trinajstić information content (AvgIpc) is 2.79. The van der Waals surface area contributed by atoms with Crippen LogP contribution >= 0.6 is 0 Å². The van der Waals surface area contributed by atoms with Crippen LogP contribution in [0.2, 0.25) is 0 Å². The normalized spacial score (nSPS) is 27.4. The van der Waals surface area contributed by atoms with Crippen molar-refractivity contribution in [1.29, 1.82) is 0 Å². The molecule has 178 valence electrons. The molecule has 2 aliphatic rings. The van der Waals surface area contributed by atoms with Gasteiger partial charge in [-0.2, -0.15) is 0 Å². The van der Waals surface area contributed by atoms with Gasteiger partial charge in [0.2, 0.25) is 0 Å². The molecule has 0 N–H and O–H groups in total. The SMILES string of the molecule is CCCCCCCCCC[C@H]1CC[C@H]([C@H]2CC[C@H](OCCCCCCC)CC2)CC1. The van der Waals surface area contributed by atoms with Crippen molar-refractivity contribution in [3.05, 3.63) is 0 Å². The number of ether oxygens (including phenoxy) is 1. The van der Waals surface area contributed by atoms with Gasteiger partial charge in [-0.15, -0.1) is 0 Å². The third-order valence-corrected chi connectivity index (χ3v) is 8.34. The molecule has 30 heavy (non-hydrogen) atoms. The van der Waals surface area contributed by atoms with E-state index < -0.39 is 0 Å². The summed E-state index contributed by atoms with van der Waals surface area (Å²) in [7, 11) is 0. The molecule has 2 fully saturated rings. The topological polar surface area (TPSA) is 9.23 Å². The minimum Gasteiger partial charge on any atom is -0.378 e. The highest BCUT2D eigenvalue weighted by Crippen LogP contribution is 2.41. The summed E-state index contributed by atoms with van der Waals surface area (Å²) >= 11 is 0. The summed E-state index contributed by atoms with van der Waals surface area (Å²) in [5.74, 6) is 3.14. The summed E-state index contributed by atoms with van der Waals surface area (Å²) in [6, 6.07) is 0. The van der Waals surface area contributed by atoms with E-state index in [1.165, 1.54) is 141 Å². The Kier molecular flexibility index (Phi) is 15.3. The summed E-state index contributed by atoms with van der Waals surface area (Å²) in [4.78, 5) is 0. The lowest BCUT2D eigenvalue weighted by Gasteiger charge is -2.38. The van der Waals surface area contributed by atoms with Gasteiger partial charge in [0.1, 0.15) is 0 Å². The van der Waals surface area contributed by atoms with Gasteiger partial charge in [-0.1, -0.05) is 110 Å². The first kappa shape index (κ1) is 26.2. The van der Waals surface area contributed by atoms with Crippen LogP contribution < -0.4 is 0 Å². The highest BCUT2D eigenvalue weighted by molar-refractivity contribution is 4.82. The Morgan fingerprint density at radius 2 is 0.967 bits per heavy atom. The molecule has 2 aliphatic carbocycles. The molecule has 0 aliphatic heterocycles. The van der Waals surface area contributed by atoms with Crippen molar-refractivity contribution < 1.29 is 4.74 Å². The van der Waals surface area contributed by atoms with Crippen molar-refractivity contribution in [1.82, 2.24) is 0 Å². The van der Waals surface area contributed by atoms with E-state index in [4.69, 9.17) is 4.74 Å². The molecule has 0 aromatic carbocycles. The molecule has 0 atom stereocenters. The fourth-order valence-corrected chi connectivity index (χ4v) is 6.20. The predicted molar refractivity (Wildman–Crippen MR) is 133 cm³/mol. The molecule has 0 aromatic heterocycles. The Balaban J connectivity index is 1.43. The third-order valence-electron chi connectivity index (χ3n) is 8.34. The van der Waals surface area contributed by atoms with Crippen LogP contribution in [0, 0.1) is 17.8 Å². The second-order valence-corrected chi connectivity index (χ2v) is 10.9. The minimum absolute atomic E-state index is 0.589. The molecular formula is C29H56O. The Morgan fingerprint density at radius 3 is 1.53 bits per heavy atom. The first-order valence-corrected chi connectivity index (χ1v) is 14.4. The van der Waals surface area contributed by atoms with Gasteiger partial charge < -0.3 is 4.74 Å². The molecular weight excluding hydrogens is 364 g/mol. The van der Waals surface area contributed by atoms with E-state index in [1.54, 1.807) is 0 Å². The smallest absolute Gasteiger partial charge is 0.0575 e. The molecule has 0 radical (unpaired) electrons. The Bertz CT molecular complexity index is 363. The second kappa shape index (κ2) is 17.5. The van der Waals surface area contributed by atoms with Crippen molar-refractivity contribution in [3.8, 4) is 0 Å². The van der Waals surface area contributed by atoms with Gasteiger partial charge in [0.05, 0.1) is 6.10 Å². The number of rotatable bonds is 17. The van der Waals surface area contributed by atoms with Crippen molar-refractivity contribution in [2.45, 2.75) is 161 Å². The molecule has 0 amide bonds. The van der Waals surface area contributed by atoms with Crippen molar-refractivity contribution in [3.63, 3.8) is 0 Å². The first-order chi connectivity index (χ1) is 14.8. The van der Waals surface area contributed by atoms with Crippen LogP contribution in [0.1, 0.15) is 155 Å². The van der Waals surface area contributed by atoms with Crippen LogP contribution in [0.4, 0.5) is 0 Å². The number of hydrogen-bond acceptors (Lipinski definition) is 1. The lowest BCUT2D eigenvalue weighted by Crippen LogP contribution is -2.28. The zero-order valence-corrected chi connectivity index (χ0v) is 21.0. The van der Waals surface area contributed by atoms with Gasteiger partial charge in [-0.3, -0.25) is 0 Å². The molecule has 0 heterocycles. The highest BCUT2D eigenvalue weighted by atomic mass is 16.5. The van der Waals surface area contributed by atoms with E-state index in [1.807, 2.05) is 0 Å². The van der Waals surface area contributed by atoms with Gasteiger partial charge >= 0.3 is 0 Å². The maximum atomic E-state index is 6.21. The van der Waals surface area contributed by atoms with Crippen molar-refractivity contribution in [2.24, 2.45) is 17.8 Å². The fraction of sp³-hybridized carbons (Fsp3) is 1.00. The zero-order chi connectivity index (χ0) is 21.3. The number of unbranched alkanes of at least 4 members (excludes halogenated alkanes) is 11. The van der Waals surface area contributed by atoms with Crippen LogP contribution in [0.15, 0.2) is 0 Å². The average molecular weight is 421 g/mol. The van der Waals surface area contributed by atoms with Gasteiger partial charge in [0.25, 0.3) is 0 Å². The van der Waals surface area contributed by atoms with Crippen LogP contribution in [0.25, 0.3) is 0 Å². The van der Waals surface area contributed by atoms with Crippen molar-refractivity contribution >= 4 is 0 Å². The lowest BCUT2D eigenvalue weighted by molar-refractivity contribution is 0.00527. The predicted octanol–water partition coefficient (Wildman–Crippen LogP) is 9.87. The maximum absolute atomic E-state index is 6.21. The van der Waals surface area contributed by atoms with Gasteiger partial charge in [0.15, 0.2) is 0 Å². The molecule has 0 unspecified atom stereocenters. The first-order valence-electron chi connectivity index (χ1n) is 14.4. The maximum Gasteiger partial charge on any atom is 0.0575 e. The fourth-order valence-electron chi connectivity index (χ4n) is 6.20. The van der Waals surface area contributed by atoms with E-state index in [2.05, 4.69) is 13.8 Å². The lowest BCUT2D eigenvalue weighted by atomic mass is 9.70. The van der Waals surface area contributed by atoms with E-state index in [0.29, 0.717) is 6.10 Å². The van der Waals surface area contributed by atoms with Crippen LogP contribution in [0.3, 0.4) is 0 Å². The van der Waals surface area contributed by atoms with E-state index in [9.17, 15) is 0 Å². The molecule has 2 saturated carbocycles. The monoisotopic (exact) mass is 420 g/mol. The quantitative estimate of drug-likeness (QED) is 0.213. The van der Waals surface area contributed by atoms with Gasteiger partial charge in [0, 0.05) is 6.61 Å². The standard InChI is InChI=1S/C29H56O/c1-3-5-7-9-10-11-12-14-16-26-17-19-27(20-18-26)28-21-23-29(24-22-28)30-25-15-13-8-6-4-2/h26-29H,3-25H2,1-2H3/t26-,27-,28-,29-. The molecule has 0 saturated heterocycles. The molecule has 0 spiro atoms. The number of hydrogen-bond donors (Lipinski definition) is 0. The summed E-state index contributed by atoms with van der Waals surface area (Å²) in [6.45, 7) is 5.62. The summed E-state index contributed by atoms with van der Waals surface area (Å²) in [5.41, 5.74) is 0. The summed E-state index contributed by atoms with van der Waals surface area (Å²) in [5, 5.41) is 0. The third kappa shape index (κ3) is 11.5. The van der Waals surface area contributed by atoms with Crippen LogP contribution in [-0.2, 0) is 4.74 Å². The molecule has 2 rings (SSSR count). The highest BCUT2D eigenvalue weighted by Gasteiger charge is 2.30. The Hall–Kier alpha value is -0.0400. The molecule has 0 bridgehead atoms. The van der Waals surface area contributed by atoms with E-state index >= 15 is 0 Å².